The van der Waals surface area contributed by atoms with E-state index in [1.165, 1.54) is 7.11 Å². The van der Waals surface area contributed by atoms with Gasteiger partial charge in [0, 0.05) is 30.6 Å². The normalized spacial score (nSPS) is 30.9. The highest BCUT2D eigenvalue weighted by molar-refractivity contribution is 6.31. The molecule has 2 aliphatic heterocycles. The molecule has 3 fully saturated rings. The molecule has 4 aliphatic rings. The Morgan fingerprint density at radius 1 is 1.32 bits per heavy atom. The van der Waals surface area contributed by atoms with E-state index >= 15 is 0 Å². The number of carboxylic acid groups (broad SMARTS) is 1. The number of hydrogen-bond donors (Lipinski definition) is 2. The molecule has 0 radical (unpaired) electrons. The fraction of sp³-hybridized carbons (Fsp3) is 0.591. The van der Waals surface area contributed by atoms with E-state index in [0.29, 0.717) is 11.7 Å². The van der Waals surface area contributed by atoms with Crippen LogP contribution in [0.2, 0.25) is 0 Å². The van der Waals surface area contributed by atoms with E-state index in [9.17, 15) is 23.9 Å². The van der Waals surface area contributed by atoms with Gasteiger partial charge in [-0.3, -0.25) is 14.4 Å². The van der Waals surface area contributed by atoms with Crippen LogP contribution in [0.5, 0.6) is 5.75 Å². The summed E-state index contributed by atoms with van der Waals surface area (Å²) in [5, 5.41) is 12.9. The maximum absolute atomic E-state index is 14.0. The zero-order chi connectivity index (χ0) is 22.1. The molecule has 1 aromatic carbocycles. The monoisotopic (exact) mass is 431 g/mol. The molecule has 8 nitrogen and oxygen atoms in total. The maximum Gasteiger partial charge on any atom is 0.324 e. The van der Waals surface area contributed by atoms with Crippen molar-refractivity contribution >= 4 is 29.0 Å². The Hall–Kier alpha value is -2.68. The van der Waals surface area contributed by atoms with Gasteiger partial charge >= 0.3 is 5.97 Å². The van der Waals surface area contributed by atoms with Crippen molar-refractivity contribution < 1.29 is 28.6 Å². The highest BCUT2D eigenvalue weighted by Crippen LogP contribution is 2.51. The van der Waals surface area contributed by atoms with Crippen molar-refractivity contribution in [1.82, 2.24) is 5.32 Å². The standard InChI is InChI=1S/C22H26FN3O5/c1-24-22(6-7-22)11-5-8-25(10-11)14-4-3-12-17(19(14)31-2)26(15-9-13(15)23)20(28)16(18(12)27)21(29)30/h3-4,11,13,15-16,24H,5-10H2,1-2H3,(H,29,30)/t11-,13+,15-,16?/m1/s1. The van der Waals surface area contributed by atoms with Gasteiger partial charge in [0.1, 0.15) is 6.17 Å². The summed E-state index contributed by atoms with van der Waals surface area (Å²) in [7, 11) is 3.45. The van der Waals surface area contributed by atoms with E-state index < -0.39 is 35.8 Å². The fourth-order valence-corrected chi connectivity index (χ4v) is 5.36. The number of methoxy groups -OCH3 is 1. The van der Waals surface area contributed by atoms with Crippen molar-refractivity contribution in [3.63, 3.8) is 0 Å². The van der Waals surface area contributed by atoms with E-state index in [0.717, 1.165) is 42.9 Å². The second kappa shape index (κ2) is 6.91. The first-order chi connectivity index (χ1) is 14.8. The van der Waals surface area contributed by atoms with Crippen molar-refractivity contribution in [3.05, 3.63) is 17.7 Å². The van der Waals surface area contributed by atoms with Crippen LogP contribution in [0.4, 0.5) is 15.8 Å². The molecular formula is C22H26FN3O5. The Balaban J connectivity index is 1.57. The number of Topliss-reactive ketones (excluding diaryl/α,β-unsaturated/α-hetero) is 1. The molecule has 4 atom stereocenters. The number of carbonyl (C=O) groups excluding carboxylic acids is 2. The molecule has 1 amide bonds. The lowest BCUT2D eigenvalue weighted by molar-refractivity contribution is -0.144. The van der Waals surface area contributed by atoms with Crippen LogP contribution in [-0.4, -0.2) is 67.8 Å². The van der Waals surface area contributed by atoms with E-state index in [4.69, 9.17) is 4.74 Å². The molecule has 166 valence electrons. The minimum Gasteiger partial charge on any atom is -0.492 e. The first-order valence-corrected chi connectivity index (χ1v) is 10.7. The van der Waals surface area contributed by atoms with Crippen LogP contribution in [-0.2, 0) is 9.59 Å². The number of anilines is 2. The molecule has 31 heavy (non-hydrogen) atoms. The molecule has 0 aromatic heterocycles. The van der Waals surface area contributed by atoms with Gasteiger partial charge in [-0.05, 0) is 44.4 Å². The van der Waals surface area contributed by atoms with Gasteiger partial charge in [-0.15, -0.1) is 0 Å². The number of carboxylic acids is 1. The number of benzene rings is 1. The molecule has 1 saturated heterocycles. The summed E-state index contributed by atoms with van der Waals surface area (Å²) in [5.74, 6) is -4.23. The van der Waals surface area contributed by atoms with Crippen LogP contribution in [0.1, 0.15) is 36.0 Å². The summed E-state index contributed by atoms with van der Waals surface area (Å²) in [6.45, 7) is 1.61. The third kappa shape index (κ3) is 2.93. The van der Waals surface area contributed by atoms with E-state index in [-0.39, 0.29) is 23.2 Å². The number of hydrogen-bond acceptors (Lipinski definition) is 6. The number of carbonyl (C=O) groups is 3. The number of halogens is 1. The highest BCUT2D eigenvalue weighted by atomic mass is 19.1. The minimum atomic E-state index is -1.85. The molecule has 5 rings (SSSR count). The molecule has 2 aliphatic carbocycles. The smallest absolute Gasteiger partial charge is 0.324 e. The topological polar surface area (TPSA) is 99.2 Å². The Bertz CT molecular complexity index is 978. The molecule has 0 spiro atoms. The van der Waals surface area contributed by atoms with E-state index in [1.807, 2.05) is 7.05 Å². The van der Waals surface area contributed by atoms with Crippen LogP contribution in [0.15, 0.2) is 12.1 Å². The predicted octanol–water partition coefficient (Wildman–Crippen LogP) is 1.61. The molecule has 1 unspecified atom stereocenters. The summed E-state index contributed by atoms with van der Waals surface area (Å²) in [4.78, 5) is 40.8. The van der Waals surface area contributed by atoms with Gasteiger partial charge in [-0.1, -0.05) is 0 Å². The maximum atomic E-state index is 14.0. The Kier molecular flexibility index (Phi) is 4.51. The number of nitrogens with zero attached hydrogens (tertiary/aromatic N) is 2. The molecular weight excluding hydrogens is 405 g/mol. The summed E-state index contributed by atoms with van der Waals surface area (Å²) in [6.07, 6.45) is 2.19. The predicted molar refractivity (Wildman–Crippen MR) is 111 cm³/mol. The van der Waals surface area contributed by atoms with Gasteiger partial charge in [0.25, 0.3) is 0 Å². The third-order valence-corrected chi connectivity index (χ3v) is 7.42. The van der Waals surface area contributed by atoms with Crippen molar-refractivity contribution in [1.29, 1.82) is 0 Å². The number of fused-ring (bicyclic) bond motifs is 1. The zero-order valence-electron chi connectivity index (χ0n) is 17.6. The van der Waals surface area contributed by atoms with E-state index in [2.05, 4.69) is 10.2 Å². The van der Waals surface area contributed by atoms with Crippen LogP contribution in [0, 0.1) is 11.8 Å². The zero-order valence-corrected chi connectivity index (χ0v) is 17.6. The Labute approximate surface area is 179 Å². The molecule has 2 heterocycles. The summed E-state index contributed by atoms with van der Waals surface area (Å²) >= 11 is 0. The number of amides is 1. The van der Waals surface area contributed by atoms with Crippen LogP contribution in [0.3, 0.4) is 0 Å². The average molecular weight is 431 g/mol. The Morgan fingerprint density at radius 2 is 2.03 bits per heavy atom. The van der Waals surface area contributed by atoms with Gasteiger partial charge in [0.05, 0.1) is 24.5 Å². The van der Waals surface area contributed by atoms with Crippen LogP contribution >= 0.6 is 0 Å². The minimum absolute atomic E-state index is 0.0938. The van der Waals surface area contributed by atoms with Crippen molar-refractivity contribution in [3.8, 4) is 5.75 Å². The van der Waals surface area contributed by atoms with Crippen molar-refractivity contribution in [2.45, 2.75) is 43.4 Å². The van der Waals surface area contributed by atoms with Crippen LogP contribution in [0.25, 0.3) is 0 Å². The van der Waals surface area contributed by atoms with Crippen molar-refractivity contribution in [2.75, 3.05) is 37.0 Å². The van der Waals surface area contributed by atoms with Gasteiger partial charge in [0.15, 0.2) is 17.5 Å². The molecule has 1 aromatic rings. The second-order valence-electron chi connectivity index (χ2n) is 9.01. The lowest BCUT2D eigenvalue weighted by atomic mass is 9.89. The molecule has 2 saturated carbocycles. The highest BCUT2D eigenvalue weighted by Gasteiger charge is 2.55. The number of alkyl halides is 1. The third-order valence-electron chi connectivity index (χ3n) is 7.42. The first kappa shape index (κ1) is 20.2. The van der Waals surface area contributed by atoms with Gasteiger partial charge in [-0.25, -0.2) is 4.39 Å². The number of nitrogens with one attached hydrogen (secondary N) is 1. The molecule has 9 heteroatoms. The lowest BCUT2D eigenvalue weighted by Crippen LogP contribution is -2.49. The number of ether oxygens (including phenoxy) is 1. The summed E-state index contributed by atoms with van der Waals surface area (Å²) < 4.78 is 19.7. The van der Waals surface area contributed by atoms with Gasteiger partial charge < -0.3 is 25.0 Å². The van der Waals surface area contributed by atoms with E-state index in [1.54, 1.807) is 12.1 Å². The first-order valence-electron chi connectivity index (χ1n) is 10.7. The summed E-state index contributed by atoms with van der Waals surface area (Å²) in [6, 6.07) is 2.54. The number of aliphatic carboxylic acids is 1. The number of rotatable bonds is 6. The SMILES string of the molecule is CNC1([C@@H]2CCN(c3ccc4c(c3OC)N([C@@H]3C[C@@H]3F)C(=O)C(C(=O)O)C4=O)C2)CC1. The fourth-order valence-electron chi connectivity index (χ4n) is 5.36. The quantitative estimate of drug-likeness (QED) is 0.661. The second-order valence-corrected chi connectivity index (χ2v) is 9.01. The number of ketones is 1. The Morgan fingerprint density at radius 3 is 2.58 bits per heavy atom. The van der Waals surface area contributed by atoms with Crippen LogP contribution < -0.4 is 19.9 Å². The lowest BCUT2D eigenvalue weighted by Gasteiger charge is -2.35. The van der Waals surface area contributed by atoms with Crippen molar-refractivity contribution in [2.24, 2.45) is 11.8 Å². The average Bonchev–Trinajstić information content (AvgIpc) is 3.64. The van der Waals surface area contributed by atoms with Gasteiger partial charge in [-0.2, -0.15) is 0 Å². The summed E-state index contributed by atoms with van der Waals surface area (Å²) in [5.41, 5.74) is 1.22. The molecule has 0 bridgehead atoms. The largest absolute Gasteiger partial charge is 0.492 e. The van der Waals surface area contributed by atoms with Gasteiger partial charge in [0.2, 0.25) is 5.91 Å². The molecule has 2 N–H and O–H groups in total.